The Morgan fingerprint density at radius 3 is 2.55 bits per heavy atom. The second kappa shape index (κ2) is 14.1. The van der Waals surface area contributed by atoms with E-state index in [-0.39, 0.29) is 53.8 Å². The topological polar surface area (TPSA) is 147 Å². The second-order valence-electron chi connectivity index (χ2n) is 10.2. The van der Waals surface area contributed by atoms with E-state index in [0.717, 1.165) is 17.3 Å². The van der Waals surface area contributed by atoms with Crippen LogP contribution in [-0.2, 0) is 24.8 Å². The van der Waals surface area contributed by atoms with Gasteiger partial charge in [-0.15, -0.1) is 24.8 Å². The molecule has 3 aromatic rings. The molecular weight excluding hydrogens is 627 g/mol. The van der Waals surface area contributed by atoms with Crippen LogP contribution in [0.4, 0.5) is 0 Å². The Hall–Kier alpha value is -2.07. The third-order valence-corrected chi connectivity index (χ3v) is 10.8. The number of ether oxygens (including phenoxy) is 2. The molecule has 0 aliphatic carbocycles. The molecule has 232 valence electrons. The van der Waals surface area contributed by atoms with Gasteiger partial charge in [-0.3, -0.25) is 4.98 Å². The van der Waals surface area contributed by atoms with Crippen molar-refractivity contribution in [2.45, 2.75) is 46.8 Å². The maximum absolute atomic E-state index is 13.3. The summed E-state index contributed by atoms with van der Waals surface area (Å²) in [5.74, 6) is 0.347. The quantitative estimate of drug-likeness (QED) is 0.298. The van der Waals surface area contributed by atoms with Crippen LogP contribution in [-0.4, -0.2) is 88.9 Å². The van der Waals surface area contributed by atoms with Gasteiger partial charge in [0.1, 0.15) is 23.4 Å². The van der Waals surface area contributed by atoms with E-state index >= 15 is 0 Å². The van der Waals surface area contributed by atoms with Crippen molar-refractivity contribution >= 4 is 55.8 Å². The molecule has 2 aliphatic rings. The number of hydrogen-bond donors (Lipinski definition) is 3. The summed E-state index contributed by atoms with van der Waals surface area (Å²) in [6.45, 7) is 1.46. The van der Waals surface area contributed by atoms with Crippen LogP contribution in [0, 0.1) is 0 Å². The molecule has 2 fully saturated rings. The van der Waals surface area contributed by atoms with E-state index in [9.17, 15) is 21.9 Å². The molecule has 2 saturated heterocycles. The van der Waals surface area contributed by atoms with Gasteiger partial charge in [-0.2, -0.15) is 4.31 Å². The summed E-state index contributed by atoms with van der Waals surface area (Å²) in [5.41, 5.74) is 0.356. The molecule has 0 bridgehead atoms. The van der Waals surface area contributed by atoms with Crippen molar-refractivity contribution in [2.24, 2.45) is 0 Å². The predicted molar refractivity (Wildman–Crippen MR) is 164 cm³/mol. The van der Waals surface area contributed by atoms with Gasteiger partial charge in [0.05, 0.1) is 22.6 Å². The van der Waals surface area contributed by atoms with E-state index in [4.69, 9.17) is 9.47 Å². The van der Waals surface area contributed by atoms with Crippen molar-refractivity contribution in [3.63, 3.8) is 0 Å². The van der Waals surface area contributed by atoms with Crippen LogP contribution >= 0.6 is 24.8 Å². The number of aromatic nitrogens is 1. The minimum atomic E-state index is -3.66. The molecule has 0 saturated carbocycles. The number of hydrogen-bond acceptors (Lipinski definition) is 9. The molecule has 5 rings (SSSR count). The van der Waals surface area contributed by atoms with Crippen LogP contribution < -0.4 is 14.8 Å². The molecule has 2 atom stereocenters. The van der Waals surface area contributed by atoms with E-state index in [1.165, 1.54) is 29.7 Å². The Balaban J connectivity index is 0.00000242. The minimum Gasteiger partial charge on any atom is -0.491 e. The molecule has 11 nitrogen and oxygen atoms in total. The second-order valence-corrected chi connectivity index (χ2v) is 14.0. The maximum Gasteiger partial charge on any atom is 0.244 e. The molecule has 0 amide bonds. The summed E-state index contributed by atoms with van der Waals surface area (Å²) in [5, 5.41) is 14.5. The Morgan fingerprint density at radius 2 is 1.81 bits per heavy atom. The number of aliphatic hydroxyl groups excluding tert-OH is 1. The smallest absolute Gasteiger partial charge is 0.244 e. The van der Waals surface area contributed by atoms with Crippen molar-refractivity contribution in [1.29, 1.82) is 0 Å². The maximum atomic E-state index is 13.3. The first kappa shape index (κ1) is 34.4. The van der Waals surface area contributed by atoms with Gasteiger partial charge in [-0.05, 0) is 50.6 Å². The number of aliphatic hydroxyl groups is 1. The fraction of sp³-hybridized carbons (Fsp3) is 0.444. The van der Waals surface area contributed by atoms with Gasteiger partial charge < -0.3 is 19.9 Å². The zero-order valence-corrected chi connectivity index (χ0v) is 26.3. The van der Waals surface area contributed by atoms with Crippen molar-refractivity contribution in [1.82, 2.24) is 19.3 Å². The largest absolute Gasteiger partial charge is 0.491 e. The van der Waals surface area contributed by atoms with Crippen molar-refractivity contribution in [2.75, 3.05) is 39.9 Å². The van der Waals surface area contributed by atoms with Crippen LogP contribution in [0.3, 0.4) is 0 Å². The van der Waals surface area contributed by atoms with Crippen molar-refractivity contribution < 1.29 is 31.4 Å². The third kappa shape index (κ3) is 7.71. The predicted octanol–water partition coefficient (Wildman–Crippen LogP) is 2.33. The van der Waals surface area contributed by atoms with Gasteiger partial charge in [0.25, 0.3) is 0 Å². The molecule has 2 unspecified atom stereocenters. The minimum absolute atomic E-state index is 0. The molecule has 3 N–H and O–H groups in total. The highest BCUT2D eigenvalue weighted by atomic mass is 35.5. The SMILES string of the molecule is CNS(=O)(=O)c1cccc(OCC(O)CNC2COC3(CCN(S(=O)(=O)c4cnc5ccccc5c4)CC3)C2)c1.Cl.Cl. The fourth-order valence-corrected chi connectivity index (χ4v) is 7.39. The molecule has 1 aromatic heterocycles. The highest BCUT2D eigenvalue weighted by Crippen LogP contribution is 2.37. The van der Waals surface area contributed by atoms with Crippen LogP contribution in [0.15, 0.2) is 70.6 Å². The number of benzene rings is 2. The number of nitrogens with one attached hydrogen (secondary N) is 2. The monoisotopic (exact) mass is 662 g/mol. The molecular formula is C27H36Cl2N4O7S2. The number of fused-ring (bicyclic) bond motifs is 1. The van der Waals surface area contributed by atoms with Crippen LogP contribution in [0.2, 0.25) is 0 Å². The average Bonchev–Trinajstić information content (AvgIpc) is 3.37. The van der Waals surface area contributed by atoms with Crippen LogP contribution in [0.25, 0.3) is 10.9 Å². The van der Waals surface area contributed by atoms with Crippen LogP contribution in [0.1, 0.15) is 19.3 Å². The van der Waals surface area contributed by atoms with Gasteiger partial charge in [-0.25, -0.2) is 21.6 Å². The lowest BCUT2D eigenvalue weighted by molar-refractivity contribution is -0.0312. The lowest BCUT2D eigenvalue weighted by atomic mass is 9.88. The summed E-state index contributed by atoms with van der Waals surface area (Å²) in [6.07, 6.45) is 2.50. The Bertz CT molecular complexity index is 1570. The molecule has 3 heterocycles. The van der Waals surface area contributed by atoms with Crippen LogP contribution in [0.5, 0.6) is 5.75 Å². The Kier molecular flexibility index (Phi) is 11.6. The number of pyridine rings is 1. The average molecular weight is 664 g/mol. The summed E-state index contributed by atoms with van der Waals surface area (Å²) < 4.78 is 66.0. The highest BCUT2D eigenvalue weighted by molar-refractivity contribution is 7.89. The first-order valence-electron chi connectivity index (χ1n) is 13.2. The Labute approximate surface area is 258 Å². The summed E-state index contributed by atoms with van der Waals surface area (Å²) >= 11 is 0. The zero-order valence-electron chi connectivity index (χ0n) is 23.0. The molecule has 1 spiro atoms. The standard InChI is InChI=1S/C27H34N4O7S2.2ClH/c1-28-39(33,34)24-7-4-6-23(14-24)37-19-22(32)16-29-21-15-27(38-18-21)9-11-31(12-10-27)40(35,36)25-13-20-5-2-3-8-26(20)30-17-25;;/h2-8,13-14,17,21-22,28-29,32H,9-12,15-16,18-19H2,1H3;2*1H. The van der Waals surface area contributed by atoms with E-state index in [1.807, 2.05) is 24.3 Å². The zero-order chi connectivity index (χ0) is 28.4. The lowest BCUT2D eigenvalue weighted by Gasteiger charge is -2.38. The van der Waals surface area contributed by atoms with E-state index in [1.54, 1.807) is 18.2 Å². The number of nitrogens with zero attached hydrogens (tertiary/aromatic N) is 2. The van der Waals surface area contributed by atoms with Gasteiger partial charge in [0.2, 0.25) is 20.0 Å². The van der Waals surface area contributed by atoms with E-state index in [2.05, 4.69) is 15.0 Å². The van der Waals surface area contributed by atoms with Gasteiger partial charge in [-0.1, -0.05) is 24.3 Å². The number of piperidine rings is 1. The normalized spacial score (nSPS) is 19.6. The summed E-state index contributed by atoms with van der Waals surface area (Å²) in [4.78, 5) is 4.59. The number of rotatable bonds is 10. The van der Waals surface area contributed by atoms with E-state index < -0.39 is 31.8 Å². The van der Waals surface area contributed by atoms with Crippen molar-refractivity contribution in [3.05, 3.63) is 60.8 Å². The molecule has 0 radical (unpaired) electrons. The number of sulfonamides is 2. The fourth-order valence-electron chi connectivity index (χ4n) is 5.20. The molecule has 2 aromatic carbocycles. The summed E-state index contributed by atoms with van der Waals surface area (Å²) in [7, 11) is -5.91. The number of para-hydroxylation sites is 1. The first-order chi connectivity index (χ1) is 19.1. The van der Waals surface area contributed by atoms with Gasteiger partial charge in [0.15, 0.2) is 0 Å². The molecule has 15 heteroatoms. The molecule has 42 heavy (non-hydrogen) atoms. The lowest BCUT2D eigenvalue weighted by Crippen LogP contribution is -2.47. The third-order valence-electron chi connectivity index (χ3n) is 7.51. The first-order valence-corrected chi connectivity index (χ1v) is 16.1. The molecule has 2 aliphatic heterocycles. The summed E-state index contributed by atoms with van der Waals surface area (Å²) in [6, 6.07) is 15.2. The number of halogens is 2. The van der Waals surface area contributed by atoms with Gasteiger partial charge in [0, 0.05) is 43.3 Å². The van der Waals surface area contributed by atoms with E-state index in [0.29, 0.717) is 38.3 Å². The van der Waals surface area contributed by atoms with Crippen molar-refractivity contribution in [3.8, 4) is 5.75 Å². The Morgan fingerprint density at radius 1 is 1.07 bits per heavy atom. The van der Waals surface area contributed by atoms with Gasteiger partial charge >= 0.3 is 0 Å². The highest BCUT2D eigenvalue weighted by Gasteiger charge is 2.44.